The molecule has 33 heavy (non-hydrogen) atoms. The summed E-state index contributed by atoms with van der Waals surface area (Å²) in [5, 5.41) is 3.35. The Bertz CT molecular complexity index is 1030. The SMILES string of the molecule is Cc1nc(N2CCOCC2)ncc1N1CC2(CCC(N(C)C)C(c3ccc(Cl)s3)C2)NC1=O. The van der Waals surface area contributed by atoms with Crippen molar-refractivity contribution in [3.63, 3.8) is 0 Å². The van der Waals surface area contributed by atoms with Crippen LogP contribution in [0.5, 0.6) is 0 Å². The van der Waals surface area contributed by atoms with E-state index >= 15 is 0 Å². The fraction of sp³-hybridized carbons (Fsp3) is 0.609. The second-order valence-electron chi connectivity index (χ2n) is 9.56. The van der Waals surface area contributed by atoms with Crippen LogP contribution in [0.3, 0.4) is 0 Å². The number of morpholine rings is 1. The van der Waals surface area contributed by atoms with Gasteiger partial charge in [-0.2, -0.15) is 0 Å². The summed E-state index contributed by atoms with van der Waals surface area (Å²) in [6, 6.07) is 4.48. The fourth-order valence-electron chi connectivity index (χ4n) is 5.51. The maximum absolute atomic E-state index is 13.2. The number of aryl methyl sites for hydroxylation is 1. The molecule has 2 aliphatic heterocycles. The Hall–Kier alpha value is -1.94. The maximum Gasteiger partial charge on any atom is 0.322 e. The summed E-state index contributed by atoms with van der Waals surface area (Å²) in [4.78, 5) is 30.0. The van der Waals surface area contributed by atoms with Crippen LogP contribution in [0, 0.1) is 6.92 Å². The molecule has 3 fully saturated rings. The van der Waals surface area contributed by atoms with Gasteiger partial charge in [-0.15, -0.1) is 11.3 Å². The number of halogens is 1. The number of nitrogens with zero attached hydrogens (tertiary/aromatic N) is 5. The van der Waals surface area contributed by atoms with Gasteiger partial charge in [0.15, 0.2) is 0 Å². The van der Waals surface area contributed by atoms with Gasteiger partial charge in [-0.25, -0.2) is 14.8 Å². The molecule has 3 atom stereocenters. The summed E-state index contributed by atoms with van der Waals surface area (Å²) in [5.74, 6) is 1.03. The average Bonchev–Trinajstić information content (AvgIpc) is 3.37. The predicted octanol–water partition coefficient (Wildman–Crippen LogP) is 3.50. The molecule has 178 valence electrons. The molecule has 0 radical (unpaired) electrons. The number of aromatic nitrogens is 2. The molecule has 10 heteroatoms. The predicted molar refractivity (Wildman–Crippen MR) is 132 cm³/mol. The zero-order valence-corrected chi connectivity index (χ0v) is 21.0. The van der Waals surface area contributed by atoms with Crippen LogP contribution >= 0.6 is 22.9 Å². The van der Waals surface area contributed by atoms with E-state index in [9.17, 15) is 4.79 Å². The molecule has 0 bridgehead atoms. The number of thiophene rings is 1. The third kappa shape index (κ3) is 4.43. The van der Waals surface area contributed by atoms with Gasteiger partial charge < -0.3 is 19.9 Å². The normalized spacial score (nSPS) is 28.1. The van der Waals surface area contributed by atoms with Crippen LogP contribution in [-0.2, 0) is 4.74 Å². The van der Waals surface area contributed by atoms with E-state index in [0.717, 1.165) is 48.1 Å². The van der Waals surface area contributed by atoms with E-state index in [-0.39, 0.29) is 11.6 Å². The van der Waals surface area contributed by atoms with Gasteiger partial charge in [0.25, 0.3) is 0 Å². The van der Waals surface area contributed by atoms with Crippen molar-refractivity contribution >= 4 is 40.6 Å². The van der Waals surface area contributed by atoms with Gasteiger partial charge in [0.2, 0.25) is 5.95 Å². The Morgan fingerprint density at radius 2 is 2.09 bits per heavy atom. The van der Waals surface area contributed by atoms with E-state index in [1.165, 1.54) is 4.88 Å². The highest BCUT2D eigenvalue weighted by Crippen LogP contribution is 2.45. The van der Waals surface area contributed by atoms with Crippen LogP contribution in [-0.4, -0.2) is 79.4 Å². The zero-order chi connectivity index (χ0) is 23.2. The van der Waals surface area contributed by atoms with E-state index in [1.54, 1.807) is 17.5 Å². The maximum atomic E-state index is 13.2. The first kappa shape index (κ1) is 22.8. The Balaban J connectivity index is 1.37. The summed E-state index contributed by atoms with van der Waals surface area (Å²) in [5.41, 5.74) is 1.34. The summed E-state index contributed by atoms with van der Waals surface area (Å²) in [6.45, 7) is 5.53. The number of carbonyl (C=O) groups excluding carboxylic acids is 1. The molecule has 8 nitrogen and oxygen atoms in total. The van der Waals surface area contributed by atoms with E-state index in [0.29, 0.717) is 37.7 Å². The highest BCUT2D eigenvalue weighted by Gasteiger charge is 2.49. The van der Waals surface area contributed by atoms with Crippen molar-refractivity contribution in [2.24, 2.45) is 0 Å². The number of rotatable bonds is 4. The molecule has 2 aromatic heterocycles. The Morgan fingerprint density at radius 3 is 2.76 bits per heavy atom. The van der Waals surface area contributed by atoms with Crippen LogP contribution in [0.25, 0.3) is 0 Å². The van der Waals surface area contributed by atoms with Gasteiger partial charge in [0.05, 0.1) is 47.2 Å². The van der Waals surface area contributed by atoms with E-state index in [1.807, 2.05) is 17.9 Å². The molecular weight excluding hydrogens is 460 g/mol. The first-order chi connectivity index (χ1) is 15.8. The first-order valence-corrected chi connectivity index (χ1v) is 12.7. The monoisotopic (exact) mass is 490 g/mol. The third-order valence-electron chi connectivity index (χ3n) is 7.22. The summed E-state index contributed by atoms with van der Waals surface area (Å²) < 4.78 is 6.24. The van der Waals surface area contributed by atoms with Crippen molar-refractivity contribution < 1.29 is 9.53 Å². The van der Waals surface area contributed by atoms with Crippen molar-refractivity contribution in [3.8, 4) is 0 Å². The quantitative estimate of drug-likeness (QED) is 0.707. The third-order valence-corrected chi connectivity index (χ3v) is 8.58. The molecule has 2 amide bonds. The minimum atomic E-state index is -0.264. The average molecular weight is 491 g/mol. The standard InChI is InChI=1S/C23H31ClN6O2S/c1-15-18(13-25-21(26-15)29-8-10-32-11-9-29)30-14-23(27-22(30)31)7-6-17(28(2)3)16(12-23)19-4-5-20(24)33-19/h4-5,13,16-17H,6-12,14H2,1-3H3,(H,27,31). The van der Waals surface area contributed by atoms with Crippen molar-refractivity contribution in [1.29, 1.82) is 0 Å². The van der Waals surface area contributed by atoms with Crippen LogP contribution in [0.1, 0.15) is 35.8 Å². The topological polar surface area (TPSA) is 73.8 Å². The van der Waals surface area contributed by atoms with Gasteiger partial charge in [0, 0.05) is 29.9 Å². The second kappa shape index (κ2) is 9.02. The zero-order valence-electron chi connectivity index (χ0n) is 19.4. The smallest absolute Gasteiger partial charge is 0.322 e. The molecule has 5 rings (SSSR count). The largest absolute Gasteiger partial charge is 0.378 e. The molecule has 0 aromatic carbocycles. The van der Waals surface area contributed by atoms with Crippen LogP contribution in [0.4, 0.5) is 16.4 Å². The van der Waals surface area contributed by atoms with Gasteiger partial charge in [-0.05, 0) is 52.4 Å². The number of carbonyl (C=O) groups is 1. The number of ether oxygens (including phenoxy) is 1. The number of urea groups is 1. The first-order valence-electron chi connectivity index (χ1n) is 11.5. The second-order valence-corrected chi connectivity index (χ2v) is 11.3. The molecule has 3 aliphatic rings. The highest BCUT2D eigenvalue weighted by atomic mass is 35.5. The van der Waals surface area contributed by atoms with Crippen LogP contribution in [0.15, 0.2) is 18.3 Å². The van der Waals surface area contributed by atoms with Crippen molar-refractivity contribution in [2.45, 2.75) is 43.7 Å². The molecule has 1 aliphatic carbocycles. The molecule has 2 saturated heterocycles. The number of nitrogens with one attached hydrogen (secondary N) is 1. The lowest BCUT2D eigenvalue weighted by Crippen LogP contribution is -2.52. The molecule has 4 heterocycles. The Kier molecular flexibility index (Phi) is 6.24. The molecule has 1 N–H and O–H groups in total. The highest BCUT2D eigenvalue weighted by molar-refractivity contribution is 7.16. The number of hydrogen-bond donors (Lipinski definition) is 1. The van der Waals surface area contributed by atoms with Gasteiger partial charge in [-0.1, -0.05) is 11.6 Å². The van der Waals surface area contributed by atoms with Crippen LogP contribution in [0.2, 0.25) is 4.34 Å². The lowest BCUT2D eigenvalue weighted by molar-refractivity contribution is 0.122. The van der Waals surface area contributed by atoms with Gasteiger partial charge in [0.1, 0.15) is 0 Å². The number of amides is 2. The number of hydrogen-bond acceptors (Lipinski definition) is 7. The summed E-state index contributed by atoms with van der Waals surface area (Å²) in [6.07, 6.45) is 4.65. The summed E-state index contributed by atoms with van der Waals surface area (Å²) >= 11 is 7.93. The number of likely N-dealkylation sites (N-methyl/N-ethyl adjacent to an activating group) is 1. The van der Waals surface area contributed by atoms with Crippen LogP contribution < -0.4 is 15.1 Å². The van der Waals surface area contributed by atoms with E-state index in [2.05, 4.69) is 40.3 Å². The molecule has 1 saturated carbocycles. The van der Waals surface area contributed by atoms with E-state index in [4.69, 9.17) is 21.3 Å². The van der Waals surface area contributed by atoms with Gasteiger partial charge in [-0.3, -0.25) is 4.90 Å². The van der Waals surface area contributed by atoms with Crippen molar-refractivity contribution in [1.82, 2.24) is 20.2 Å². The van der Waals surface area contributed by atoms with Gasteiger partial charge >= 0.3 is 6.03 Å². The van der Waals surface area contributed by atoms with E-state index < -0.39 is 0 Å². The Labute approximate surface area is 203 Å². The molecular formula is C23H31ClN6O2S. The summed E-state index contributed by atoms with van der Waals surface area (Å²) in [7, 11) is 4.28. The van der Waals surface area contributed by atoms with Crippen molar-refractivity contribution in [3.05, 3.63) is 33.2 Å². The lowest BCUT2D eigenvalue weighted by atomic mass is 9.72. The molecule has 3 unspecified atom stereocenters. The lowest BCUT2D eigenvalue weighted by Gasteiger charge is -2.44. The molecule has 2 aromatic rings. The fourth-order valence-corrected chi connectivity index (χ4v) is 6.73. The van der Waals surface area contributed by atoms with Crippen molar-refractivity contribution in [2.75, 3.05) is 56.7 Å². The molecule has 1 spiro atoms. The minimum absolute atomic E-state index is 0.0629. The number of anilines is 2. The Morgan fingerprint density at radius 1 is 1.30 bits per heavy atom. The minimum Gasteiger partial charge on any atom is -0.378 e.